The molecule has 0 bridgehead atoms. The Balaban J connectivity index is 0.00000182. The minimum Gasteiger partial charge on any atom is -0.508 e. The van der Waals surface area contributed by atoms with Crippen LogP contribution < -0.4 is 5.32 Å². The largest absolute Gasteiger partial charge is 0.508 e. The lowest BCUT2D eigenvalue weighted by Gasteiger charge is -2.41. The second kappa shape index (κ2) is 11.0. The van der Waals surface area contributed by atoms with Crippen LogP contribution in [-0.2, 0) is 0 Å². The highest BCUT2D eigenvalue weighted by Gasteiger charge is 2.34. The maximum Gasteiger partial charge on any atom is 0.446 e. The molecule has 9 heteroatoms. The summed E-state index contributed by atoms with van der Waals surface area (Å²) < 4.78 is 38.3. The summed E-state index contributed by atoms with van der Waals surface area (Å²) in [5, 5.41) is 13.8. The van der Waals surface area contributed by atoms with Crippen LogP contribution in [0, 0.1) is 5.92 Å². The molecule has 2 aliphatic rings. The van der Waals surface area contributed by atoms with Crippen molar-refractivity contribution in [3.05, 3.63) is 23.8 Å². The number of nitrogens with one attached hydrogen (secondary N) is 1. The van der Waals surface area contributed by atoms with Crippen molar-refractivity contribution in [1.29, 1.82) is 0 Å². The molecule has 2 fully saturated rings. The maximum atomic E-state index is 12.8. The Kier molecular flexibility index (Phi) is 10.1. The summed E-state index contributed by atoms with van der Waals surface area (Å²) in [5.74, 6) is 0.504. The number of thioether (sulfide) groups is 1. The fourth-order valence-electron chi connectivity index (χ4n) is 4.13. The minimum atomic E-state index is -4.32. The van der Waals surface area contributed by atoms with Crippen molar-refractivity contribution in [1.82, 2.24) is 10.2 Å². The van der Waals surface area contributed by atoms with Crippen LogP contribution in [0.5, 0.6) is 5.75 Å². The summed E-state index contributed by atoms with van der Waals surface area (Å²) in [6.45, 7) is 3.47. The first-order valence-electron chi connectivity index (χ1n) is 8.97. The first-order valence-corrected chi connectivity index (χ1v) is 9.79. The van der Waals surface area contributed by atoms with E-state index >= 15 is 0 Å². The molecule has 3 rings (SSSR count). The third-order valence-corrected chi connectivity index (χ3v) is 5.91. The standard InChI is InChI=1S/C18H25F3N2OS.2ClH/c19-18(20,21)25-14-6-7-16(24)15(12-14)17(13-4-2-1-3-5-13)23-10-8-22-9-11-23;;/h6-7,12-13,17,22,24H,1-5,8-11H2;2*1H/t17-;;/m1../s1. The molecule has 156 valence electrons. The molecule has 1 aliphatic heterocycles. The Hall–Kier alpha value is -0.340. The average molecular weight is 447 g/mol. The van der Waals surface area contributed by atoms with Crippen molar-refractivity contribution in [2.24, 2.45) is 5.92 Å². The summed E-state index contributed by atoms with van der Waals surface area (Å²) >= 11 is -0.108. The third-order valence-electron chi connectivity index (χ3n) is 5.19. The molecule has 1 aliphatic carbocycles. The summed E-state index contributed by atoms with van der Waals surface area (Å²) in [4.78, 5) is 2.49. The van der Waals surface area contributed by atoms with Gasteiger partial charge in [-0.1, -0.05) is 19.3 Å². The molecule has 3 nitrogen and oxygen atoms in total. The lowest BCUT2D eigenvalue weighted by molar-refractivity contribution is -0.0328. The zero-order valence-electron chi connectivity index (χ0n) is 15.0. The number of piperazine rings is 1. The van der Waals surface area contributed by atoms with Crippen LogP contribution in [0.4, 0.5) is 13.2 Å². The highest BCUT2D eigenvalue weighted by molar-refractivity contribution is 8.00. The van der Waals surface area contributed by atoms with E-state index in [1.165, 1.54) is 18.6 Å². The van der Waals surface area contributed by atoms with E-state index in [1.54, 1.807) is 6.07 Å². The van der Waals surface area contributed by atoms with Crippen molar-refractivity contribution in [3.63, 3.8) is 0 Å². The number of phenolic OH excluding ortho intramolecular Hbond substituents is 1. The van der Waals surface area contributed by atoms with Gasteiger partial charge in [0.05, 0.1) is 0 Å². The number of hydrogen-bond donors (Lipinski definition) is 2. The maximum absolute atomic E-state index is 12.8. The van der Waals surface area contributed by atoms with Crippen LogP contribution in [-0.4, -0.2) is 41.7 Å². The van der Waals surface area contributed by atoms with Crippen LogP contribution in [0.15, 0.2) is 23.1 Å². The molecule has 27 heavy (non-hydrogen) atoms. The molecule has 0 spiro atoms. The van der Waals surface area contributed by atoms with Gasteiger partial charge in [-0.2, -0.15) is 13.2 Å². The van der Waals surface area contributed by atoms with Crippen LogP contribution in [0.2, 0.25) is 0 Å². The van der Waals surface area contributed by atoms with E-state index < -0.39 is 5.51 Å². The normalized spacial score (nSPS) is 20.4. The fourth-order valence-corrected chi connectivity index (χ4v) is 4.71. The van der Waals surface area contributed by atoms with Gasteiger partial charge in [-0.3, -0.25) is 4.90 Å². The summed E-state index contributed by atoms with van der Waals surface area (Å²) in [5.41, 5.74) is -3.66. The Morgan fingerprint density at radius 3 is 2.30 bits per heavy atom. The first-order chi connectivity index (χ1) is 11.9. The monoisotopic (exact) mass is 446 g/mol. The number of benzene rings is 1. The number of nitrogens with zero attached hydrogens (tertiary/aromatic N) is 1. The molecule has 1 aromatic carbocycles. The van der Waals surface area contributed by atoms with E-state index in [0.29, 0.717) is 11.5 Å². The van der Waals surface area contributed by atoms with Gasteiger partial charge >= 0.3 is 5.51 Å². The molecular weight excluding hydrogens is 420 g/mol. The number of rotatable bonds is 4. The van der Waals surface area contributed by atoms with Crippen LogP contribution >= 0.6 is 36.6 Å². The number of alkyl halides is 3. The molecule has 1 aromatic rings. The van der Waals surface area contributed by atoms with Gasteiger partial charge in [0.15, 0.2) is 0 Å². The van der Waals surface area contributed by atoms with Crippen LogP contribution in [0.1, 0.15) is 43.7 Å². The van der Waals surface area contributed by atoms with Gasteiger partial charge in [0.25, 0.3) is 0 Å². The van der Waals surface area contributed by atoms with Gasteiger partial charge in [0, 0.05) is 42.7 Å². The van der Waals surface area contributed by atoms with Gasteiger partial charge in [-0.25, -0.2) is 0 Å². The quantitative estimate of drug-likeness (QED) is 0.608. The van der Waals surface area contributed by atoms with Gasteiger partial charge in [-0.05, 0) is 48.7 Å². The summed E-state index contributed by atoms with van der Waals surface area (Å²) in [7, 11) is 0. The Morgan fingerprint density at radius 1 is 1.07 bits per heavy atom. The van der Waals surface area contributed by atoms with Gasteiger partial charge in [-0.15, -0.1) is 24.8 Å². The van der Waals surface area contributed by atoms with Crippen LogP contribution in [0.3, 0.4) is 0 Å². The summed E-state index contributed by atoms with van der Waals surface area (Å²) in [6.07, 6.45) is 5.69. The van der Waals surface area contributed by atoms with E-state index in [9.17, 15) is 18.3 Å². The predicted molar refractivity (Wildman–Crippen MR) is 108 cm³/mol. The van der Waals surface area contributed by atoms with Crippen molar-refractivity contribution >= 4 is 36.6 Å². The smallest absolute Gasteiger partial charge is 0.446 e. The zero-order valence-corrected chi connectivity index (χ0v) is 17.5. The molecule has 0 radical (unpaired) electrons. The number of phenols is 1. The molecule has 1 saturated carbocycles. The topological polar surface area (TPSA) is 35.5 Å². The van der Waals surface area contributed by atoms with Gasteiger partial charge in [0.1, 0.15) is 5.75 Å². The van der Waals surface area contributed by atoms with Crippen molar-refractivity contribution in [2.45, 2.75) is 48.5 Å². The average Bonchev–Trinajstić information content (AvgIpc) is 2.59. The predicted octanol–water partition coefficient (Wildman–Crippen LogP) is 5.37. The van der Waals surface area contributed by atoms with E-state index in [2.05, 4.69) is 10.2 Å². The Morgan fingerprint density at radius 2 is 1.70 bits per heavy atom. The van der Waals surface area contributed by atoms with E-state index in [1.807, 2.05) is 0 Å². The van der Waals surface area contributed by atoms with Crippen molar-refractivity contribution < 1.29 is 18.3 Å². The molecule has 1 saturated heterocycles. The minimum absolute atomic E-state index is 0. The first kappa shape index (κ1) is 24.7. The Labute approximate surface area is 175 Å². The second-order valence-corrected chi connectivity index (χ2v) is 8.04. The molecule has 0 amide bonds. The third kappa shape index (κ3) is 6.89. The van der Waals surface area contributed by atoms with Crippen molar-refractivity contribution in [3.8, 4) is 5.75 Å². The van der Waals surface area contributed by atoms with Crippen LogP contribution in [0.25, 0.3) is 0 Å². The number of aromatic hydroxyl groups is 1. The SMILES string of the molecule is Cl.Cl.Oc1ccc(SC(F)(F)F)cc1[C@@H](C1CCCCC1)N1CCNCC1. The number of halogens is 5. The molecule has 0 unspecified atom stereocenters. The fraction of sp³-hybridized carbons (Fsp3) is 0.667. The molecule has 1 heterocycles. The second-order valence-electron chi connectivity index (χ2n) is 6.90. The molecule has 1 atom stereocenters. The zero-order chi connectivity index (χ0) is 17.9. The number of hydrogen-bond acceptors (Lipinski definition) is 4. The van der Waals surface area contributed by atoms with Gasteiger partial charge < -0.3 is 10.4 Å². The van der Waals surface area contributed by atoms with E-state index in [-0.39, 0.29) is 53.3 Å². The molecule has 2 N–H and O–H groups in total. The lowest BCUT2D eigenvalue weighted by Crippen LogP contribution is -2.47. The highest BCUT2D eigenvalue weighted by atomic mass is 35.5. The van der Waals surface area contributed by atoms with E-state index in [0.717, 1.165) is 51.9 Å². The van der Waals surface area contributed by atoms with Gasteiger partial charge in [0.2, 0.25) is 0 Å². The molecule has 0 aromatic heterocycles. The molecular formula is C18H27Cl2F3N2OS. The van der Waals surface area contributed by atoms with E-state index in [4.69, 9.17) is 0 Å². The lowest BCUT2D eigenvalue weighted by atomic mass is 9.80. The highest BCUT2D eigenvalue weighted by Crippen LogP contribution is 2.44. The van der Waals surface area contributed by atoms with Crippen molar-refractivity contribution in [2.75, 3.05) is 26.2 Å². The summed E-state index contributed by atoms with van der Waals surface area (Å²) in [6, 6.07) is 4.32. The Bertz CT molecular complexity index is 562.